The summed E-state index contributed by atoms with van der Waals surface area (Å²) >= 11 is 1.37. The number of thioether (sulfide) groups is 1. The molecule has 0 unspecified atom stereocenters. The molecular weight excluding hydrogens is 328 g/mol. The molecule has 0 aliphatic carbocycles. The number of aromatic nitrogens is 3. The van der Waals surface area contributed by atoms with E-state index in [9.17, 15) is 8.42 Å². The standard InChI is InChI=1S/C12H16N4O4S2/c1-19-9-3-4-10(20-2)11(7-9)22(17,18)15-5-6-21-12-13-8-14-16-12/h3-4,7-8,15H,5-6H2,1-2H3,(H,13,14,16). The Morgan fingerprint density at radius 1 is 1.32 bits per heavy atom. The summed E-state index contributed by atoms with van der Waals surface area (Å²) in [5.74, 6) is 1.22. The van der Waals surface area contributed by atoms with Crippen LogP contribution in [0.2, 0.25) is 0 Å². The van der Waals surface area contributed by atoms with Gasteiger partial charge in [0.25, 0.3) is 0 Å². The van der Waals surface area contributed by atoms with Crippen LogP contribution < -0.4 is 14.2 Å². The zero-order chi connectivity index (χ0) is 16.0. The summed E-state index contributed by atoms with van der Waals surface area (Å²) in [7, 11) is -0.802. The number of nitrogens with one attached hydrogen (secondary N) is 2. The molecule has 0 bridgehead atoms. The summed E-state index contributed by atoms with van der Waals surface area (Å²) < 4.78 is 37.4. The molecule has 10 heteroatoms. The Hall–Kier alpha value is -1.78. The van der Waals surface area contributed by atoms with Gasteiger partial charge in [-0.15, -0.1) is 0 Å². The number of H-pyrrole nitrogens is 1. The number of benzene rings is 1. The number of hydrogen-bond acceptors (Lipinski definition) is 7. The second-order valence-electron chi connectivity index (χ2n) is 4.05. The number of sulfonamides is 1. The number of aromatic amines is 1. The average Bonchev–Trinajstić information content (AvgIpc) is 3.04. The first kappa shape index (κ1) is 16.6. The molecule has 2 aromatic rings. The molecule has 8 nitrogen and oxygen atoms in total. The maximum absolute atomic E-state index is 12.3. The van der Waals surface area contributed by atoms with E-state index in [1.54, 1.807) is 12.1 Å². The largest absolute Gasteiger partial charge is 0.497 e. The Bertz CT molecular complexity index is 704. The van der Waals surface area contributed by atoms with E-state index >= 15 is 0 Å². The molecule has 0 spiro atoms. The molecule has 0 radical (unpaired) electrons. The SMILES string of the molecule is COc1ccc(OC)c(S(=O)(=O)NCCSc2ncn[nH]2)c1. The van der Waals surface area contributed by atoms with E-state index in [4.69, 9.17) is 9.47 Å². The fourth-order valence-electron chi connectivity index (χ4n) is 1.66. The third-order valence-electron chi connectivity index (χ3n) is 2.69. The Labute approximate surface area is 132 Å². The molecule has 0 atom stereocenters. The highest BCUT2D eigenvalue weighted by Gasteiger charge is 2.20. The van der Waals surface area contributed by atoms with Gasteiger partial charge in [-0.25, -0.2) is 18.1 Å². The predicted octanol–water partition coefficient (Wildman–Crippen LogP) is 0.892. The summed E-state index contributed by atoms with van der Waals surface area (Å²) in [4.78, 5) is 3.98. The highest BCUT2D eigenvalue weighted by atomic mass is 32.2. The fraction of sp³-hybridized carbons (Fsp3) is 0.333. The zero-order valence-electron chi connectivity index (χ0n) is 12.1. The van der Waals surface area contributed by atoms with Gasteiger partial charge in [0.15, 0.2) is 5.16 Å². The Morgan fingerprint density at radius 3 is 2.77 bits per heavy atom. The quantitative estimate of drug-likeness (QED) is 0.541. The number of methoxy groups -OCH3 is 2. The summed E-state index contributed by atoms with van der Waals surface area (Å²) in [6.45, 7) is 0.244. The molecule has 0 saturated heterocycles. The first-order chi connectivity index (χ1) is 10.6. The van der Waals surface area contributed by atoms with Gasteiger partial charge in [0.2, 0.25) is 10.0 Å². The van der Waals surface area contributed by atoms with Crippen molar-refractivity contribution in [2.75, 3.05) is 26.5 Å². The van der Waals surface area contributed by atoms with Gasteiger partial charge >= 0.3 is 0 Å². The van der Waals surface area contributed by atoms with Crippen LogP contribution in [0.25, 0.3) is 0 Å². The Kier molecular flexibility index (Phi) is 5.63. The van der Waals surface area contributed by atoms with E-state index in [1.807, 2.05) is 0 Å². The predicted molar refractivity (Wildman–Crippen MR) is 81.8 cm³/mol. The highest BCUT2D eigenvalue weighted by molar-refractivity contribution is 7.99. The van der Waals surface area contributed by atoms with E-state index in [1.165, 1.54) is 38.4 Å². The van der Waals surface area contributed by atoms with Crippen LogP contribution in [0.4, 0.5) is 0 Å². The van der Waals surface area contributed by atoms with Gasteiger partial charge in [-0.3, -0.25) is 5.10 Å². The van der Waals surface area contributed by atoms with Crippen molar-refractivity contribution < 1.29 is 17.9 Å². The van der Waals surface area contributed by atoms with Crippen molar-refractivity contribution in [3.8, 4) is 11.5 Å². The van der Waals surface area contributed by atoms with Crippen LogP contribution in [0.1, 0.15) is 0 Å². The van der Waals surface area contributed by atoms with Crippen molar-refractivity contribution in [2.45, 2.75) is 10.1 Å². The monoisotopic (exact) mass is 344 g/mol. The van der Waals surface area contributed by atoms with Crippen LogP contribution in [0, 0.1) is 0 Å². The van der Waals surface area contributed by atoms with E-state index in [2.05, 4.69) is 19.9 Å². The van der Waals surface area contributed by atoms with Crippen molar-refractivity contribution in [3.05, 3.63) is 24.5 Å². The lowest BCUT2D eigenvalue weighted by molar-refractivity contribution is 0.392. The maximum atomic E-state index is 12.3. The third-order valence-corrected chi connectivity index (χ3v) is 5.05. The molecule has 0 aliphatic rings. The molecule has 0 fully saturated rings. The van der Waals surface area contributed by atoms with Gasteiger partial charge in [0.1, 0.15) is 22.7 Å². The van der Waals surface area contributed by atoms with E-state index in [0.29, 0.717) is 16.7 Å². The summed E-state index contributed by atoms with van der Waals surface area (Å²) in [5.41, 5.74) is 0. The van der Waals surface area contributed by atoms with E-state index < -0.39 is 10.0 Å². The van der Waals surface area contributed by atoms with Crippen molar-refractivity contribution in [2.24, 2.45) is 0 Å². The number of hydrogen-bond donors (Lipinski definition) is 2. The Morgan fingerprint density at radius 2 is 2.14 bits per heavy atom. The highest BCUT2D eigenvalue weighted by Crippen LogP contribution is 2.27. The minimum atomic E-state index is -3.69. The molecule has 0 aliphatic heterocycles. The van der Waals surface area contributed by atoms with E-state index in [-0.39, 0.29) is 17.2 Å². The van der Waals surface area contributed by atoms with Crippen LogP contribution in [0.15, 0.2) is 34.6 Å². The second kappa shape index (κ2) is 7.47. The first-order valence-electron chi connectivity index (χ1n) is 6.26. The van der Waals surface area contributed by atoms with Gasteiger partial charge in [0, 0.05) is 18.4 Å². The van der Waals surface area contributed by atoms with Crippen molar-refractivity contribution in [1.29, 1.82) is 0 Å². The zero-order valence-corrected chi connectivity index (χ0v) is 13.7. The third kappa shape index (κ3) is 4.12. The number of rotatable bonds is 8. The normalized spacial score (nSPS) is 11.4. The van der Waals surface area contributed by atoms with Crippen LogP contribution in [-0.4, -0.2) is 50.1 Å². The summed E-state index contributed by atoms with van der Waals surface area (Å²) in [6.07, 6.45) is 1.40. The minimum absolute atomic E-state index is 0.0408. The average molecular weight is 344 g/mol. The minimum Gasteiger partial charge on any atom is -0.497 e. The van der Waals surface area contributed by atoms with E-state index in [0.717, 1.165) is 0 Å². The molecule has 0 amide bonds. The van der Waals surface area contributed by atoms with Gasteiger partial charge in [-0.05, 0) is 12.1 Å². The second-order valence-corrected chi connectivity index (χ2v) is 6.87. The van der Waals surface area contributed by atoms with Crippen molar-refractivity contribution in [3.63, 3.8) is 0 Å². The first-order valence-corrected chi connectivity index (χ1v) is 8.73. The molecule has 1 aromatic carbocycles. The van der Waals surface area contributed by atoms with Gasteiger partial charge in [-0.2, -0.15) is 5.10 Å². The van der Waals surface area contributed by atoms with Crippen LogP contribution >= 0.6 is 11.8 Å². The number of nitrogens with zero attached hydrogens (tertiary/aromatic N) is 2. The van der Waals surface area contributed by atoms with Gasteiger partial charge < -0.3 is 9.47 Å². The molecule has 2 rings (SSSR count). The molecular formula is C12H16N4O4S2. The van der Waals surface area contributed by atoms with Gasteiger partial charge in [-0.1, -0.05) is 11.8 Å². The molecule has 120 valence electrons. The summed E-state index contributed by atoms with van der Waals surface area (Å²) in [6, 6.07) is 4.61. The van der Waals surface area contributed by atoms with Crippen LogP contribution in [0.5, 0.6) is 11.5 Å². The lowest BCUT2D eigenvalue weighted by Crippen LogP contribution is -2.26. The van der Waals surface area contributed by atoms with Gasteiger partial charge in [0.05, 0.1) is 14.2 Å². The van der Waals surface area contributed by atoms with Crippen molar-refractivity contribution >= 4 is 21.8 Å². The van der Waals surface area contributed by atoms with Crippen molar-refractivity contribution in [1.82, 2.24) is 19.9 Å². The molecule has 1 aromatic heterocycles. The summed E-state index contributed by atoms with van der Waals surface area (Å²) in [5, 5.41) is 7.04. The smallest absolute Gasteiger partial charge is 0.244 e. The lowest BCUT2D eigenvalue weighted by atomic mass is 10.3. The maximum Gasteiger partial charge on any atom is 0.244 e. The van der Waals surface area contributed by atoms with Crippen LogP contribution in [-0.2, 0) is 10.0 Å². The topological polar surface area (TPSA) is 106 Å². The lowest BCUT2D eigenvalue weighted by Gasteiger charge is -2.11. The van der Waals surface area contributed by atoms with Crippen LogP contribution in [0.3, 0.4) is 0 Å². The molecule has 22 heavy (non-hydrogen) atoms. The molecule has 0 saturated carbocycles. The molecule has 1 heterocycles. The Balaban J connectivity index is 2.03. The molecule has 2 N–H and O–H groups in total. The fourth-order valence-corrected chi connectivity index (χ4v) is 3.64. The number of ether oxygens (including phenoxy) is 2.